The third-order valence-electron chi connectivity index (χ3n) is 2.22. The molecule has 12 heavy (non-hydrogen) atoms. The molecule has 0 radical (unpaired) electrons. The molecule has 0 aromatic heterocycles. The molecule has 0 bridgehead atoms. The Bertz CT molecular complexity index is 243. The van der Waals surface area contributed by atoms with Gasteiger partial charge in [0.15, 0.2) is 0 Å². The number of nitrogens with zero attached hydrogens (tertiary/aromatic N) is 1. The molecule has 0 saturated heterocycles. The first-order chi connectivity index (χ1) is 5.65. The summed E-state index contributed by atoms with van der Waals surface area (Å²) in [5.41, 5.74) is 0. The molecule has 66 valence electrons. The predicted molar refractivity (Wildman–Crippen MR) is 49.0 cm³/mol. The second-order valence-electron chi connectivity index (χ2n) is 3.09. The van der Waals surface area contributed by atoms with Crippen LogP contribution in [0.5, 0.6) is 0 Å². The van der Waals surface area contributed by atoms with Gasteiger partial charge in [0.05, 0.1) is 0 Å². The zero-order valence-electron chi connectivity index (χ0n) is 7.66. The summed E-state index contributed by atoms with van der Waals surface area (Å²) >= 11 is 0. The van der Waals surface area contributed by atoms with Crippen LogP contribution in [0.3, 0.4) is 0 Å². The lowest BCUT2D eigenvalue weighted by Crippen LogP contribution is -2.18. The van der Waals surface area contributed by atoms with Gasteiger partial charge in [0.25, 0.3) is 5.91 Å². The summed E-state index contributed by atoms with van der Waals surface area (Å²) in [7, 11) is 1.76. The van der Waals surface area contributed by atoms with E-state index in [4.69, 9.17) is 0 Å². The molecule has 1 rings (SSSR count). The quantitative estimate of drug-likeness (QED) is 0.582. The first kappa shape index (κ1) is 8.97. The Morgan fingerprint density at radius 3 is 2.75 bits per heavy atom. The van der Waals surface area contributed by atoms with E-state index in [-0.39, 0.29) is 17.7 Å². The van der Waals surface area contributed by atoms with Crippen LogP contribution < -0.4 is 5.32 Å². The number of amidine groups is 1. The summed E-state index contributed by atoms with van der Waals surface area (Å²) in [5.74, 6) is 0.868. The Kier molecular flexibility index (Phi) is 2.63. The fraction of sp³-hybridized carbons (Fsp3) is 0.556. The molecule has 3 nitrogen and oxygen atoms in total. The molecular formula is C9H14N2O. The molecule has 0 spiro atoms. The fourth-order valence-electron chi connectivity index (χ4n) is 1.03. The summed E-state index contributed by atoms with van der Waals surface area (Å²) in [5, 5.41) is 2.86. The van der Waals surface area contributed by atoms with Gasteiger partial charge < -0.3 is 5.32 Å². The number of likely N-dealkylation sites (N-methyl/N-ethyl adjacent to an activating group) is 1. The normalized spacial score (nSPS) is 29.6. The Hall–Kier alpha value is -1.12. The molecule has 1 aliphatic heterocycles. The van der Waals surface area contributed by atoms with Gasteiger partial charge in [-0.15, -0.1) is 0 Å². The van der Waals surface area contributed by atoms with Crippen molar-refractivity contribution in [1.29, 1.82) is 0 Å². The second-order valence-corrected chi connectivity index (χ2v) is 3.09. The molecule has 0 aromatic rings. The molecule has 0 fully saturated rings. The average Bonchev–Trinajstić information content (AvgIpc) is 2.19. The van der Waals surface area contributed by atoms with E-state index in [1.54, 1.807) is 7.05 Å². The van der Waals surface area contributed by atoms with E-state index in [0.717, 1.165) is 0 Å². The Morgan fingerprint density at radius 2 is 2.17 bits per heavy atom. The van der Waals surface area contributed by atoms with Gasteiger partial charge in [-0.2, -0.15) is 4.99 Å². The van der Waals surface area contributed by atoms with Gasteiger partial charge in [-0.1, -0.05) is 19.9 Å². The smallest absolute Gasteiger partial charge is 0.251 e. The van der Waals surface area contributed by atoms with Gasteiger partial charge in [0.2, 0.25) is 0 Å². The number of carbonyl (C=O) groups is 1. The van der Waals surface area contributed by atoms with E-state index >= 15 is 0 Å². The minimum atomic E-state index is -0.0446. The standard InChI is InChI=1S/C9H14N2O/c1-6-4-5-8(10-3)11-9(12)7(6)2/h4-7H,1-3H3,(H,10,11,12). The van der Waals surface area contributed by atoms with E-state index in [1.807, 2.05) is 26.0 Å². The summed E-state index contributed by atoms with van der Waals surface area (Å²) in [6, 6.07) is 0. The second kappa shape index (κ2) is 3.52. The highest BCUT2D eigenvalue weighted by atomic mass is 16.1. The van der Waals surface area contributed by atoms with Crippen LogP contribution in [0.15, 0.2) is 17.1 Å². The average molecular weight is 166 g/mol. The number of rotatable bonds is 0. The molecule has 0 aliphatic carbocycles. The summed E-state index contributed by atoms with van der Waals surface area (Å²) in [4.78, 5) is 15.2. The molecule has 1 amide bonds. The van der Waals surface area contributed by atoms with E-state index in [2.05, 4.69) is 10.3 Å². The molecule has 1 heterocycles. The maximum Gasteiger partial charge on any atom is 0.251 e. The van der Waals surface area contributed by atoms with Crippen LogP contribution in [0.2, 0.25) is 0 Å². The van der Waals surface area contributed by atoms with E-state index in [0.29, 0.717) is 5.84 Å². The van der Waals surface area contributed by atoms with Gasteiger partial charge >= 0.3 is 0 Å². The van der Waals surface area contributed by atoms with Crippen LogP contribution in [0.1, 0.15) is 13.8 Å². The number of amides is 1. The van der Waals surface area contributed by atoms with Crippen molar-refractivity contribution >= 4 is 11.7 Å². The number of allylic oxidation sites excluding steroid dienone is 1. The van der Waals surface area contributed by atoms with Crippen LogP contribution in [0, 0.1) is 11.8 Å². The highest BCUT2D eigenvalue weighted by molar-refractivity contribution is 6.02. The Morgan fingerprint density at radius 1 is 1.50 bits per heavy atom. The summed E-state index contributed by atoms with van der Waals surface area (Å²) in [6.45, 7) is 3.92. The van der Waals surface area contributed by atoms with Gasteiger partial charge in [-0.25, -0.2) is 0 Å². The van der Waals surface area contributed by atoms with Crippen LogP contribution in [-0.2, 0) is 4.79 Å². The van der Waals surface area contributed by atoms with Crippen molar-refractivity contribution in [3.8, 4) is 0 Å². The van der Waals surface area contributed by atoms with Crippen molar-refractivity contribution in [3.05, 3.63) is 12.2 Å². The molecule has 1 aliphatic rings. The number of hydrogen-bond acceptors (Lipinski definition) is 2. The number of hydrogen-bond donors (Lipinski definition) is 1. The molecule has 1 N–H and O–H groups in total. The molecule has 2 atom stereocenters. The van der Waals surface area contributed by atoms with Crippen LogP contribution in [-0.4, -0.2) is 18.8 Å². The van der Waals surface area contributed by atoms with E-state index < -0.39 is 0 Å². The number of nitrogens with one attached hydrogen (secondary N) is 1. The monoisotopic (exact) mass is 166 g/mol. The largest absolute Gasteiger partial charge is 0.373 e. The maximum absolute atomic E-state index is 11.3. The van der Waals surface area contributed by atoms with Gasteiger partial charge in [-0.05, 0) is 12.0 Å². The highest BCUT2D eigenvalue weighted by Crippen LogP contribution is 2.16. The van der Waals surface area contributed by atoms with Crippen molar-refractivity contribution in [2.45, 2.75) is 13.8 Å². The van der Waals surface area contributed by atoms with E-state index in [1.165, 1.54) is 0 Å². The van der Waals surface area contributed by atoms with Gasteiger partial charge in [0, 0.05) is 13.0 Å². The van der Waals surface area contributed by atoms with Crippen LogP contribution in [0.4, 0.5) is 0 Å². The van der Waals surface area contributed by atoms with Gasteiger partial charge in [0.1, 0.15) is 5.84 Å². The topological polar surface area (TPSA) is 41.5 Å². The maximum atomic E-state index is 11.3. The zero-order valence-corrected chi connectivity index (χ0v) is 7.66. The Balaban J connectivity index is 2.89. The summed E-state index contributed by atoms with van der Waals surface area (Å²) in [6.07, 6.45) is 3.86. The van der Waals surface area contributed by atoms with Crippen molar-refractivity contribution in [3.63, 3.8) is 0 Å². The summed E-state index contributed by atoms with van der Waals surface area (Å²) < 4.78 is 0. The van der Waals surface area contributed by atoms with Crippen molar-refractivity contribution in [2.24, 2.45) is 16.8 Å². The molecule has 0 aromatic carbocycles. The number of carbonyl (C=O) groups excluding carboxylic acids is 1. The molecular weight excluding hydrogens is 152 g/mol. The van der Waals surface area contributed by atoms with Crippen LogP contribution in [0.25, 0.3) is 0 Å². The predicted octanol–water partition coefficient (Wildman–Crippen LogP) is 0.973. The minimum Gasteiger partial charge on any atom is -0.373 e. The minimum absolute atomic E-state index is 0.00731. The van der Waals surface area contributed by atoms with E-state index in [9.17, 15) is 4.79 Å². The lowest BCUT2D eigenvalue weighted by molar-refractivity contribution is -0.121. The third-order valence-corrected chi connectivity index (χ3v) is 2.22. The SMILES string of the molecule is CNC1=NC(=O)C(C)C(C)C=C1. The molecule has 0 saturated carbocycles. The third kappa shape index (κ3) is 1.72. The zero-order chi connectivity index (χ0) is 9.14. The van der Waals surface area contributed by atoms with Crippen molar-refractivity contribution in [2.75, 3.05) is 7.05 Å². The van der Waals surface area contributed by atoms with Crippen LogP contribution >= 0.6 is 0 Å². The molecule has 3 heteroatoms. The lowest BCUT2D eigenvalue weighted by Gasteiger charge is -2.09. The van der Waals surface area contributed by atoms with Crippen molar-refractivity contribution < 1.29 is 4.79 Å². The first-order valence-electron chi connectivity index (χ1n) is 4.13. The highest BCUT2D eigenvalue weighted by Gasteiger charge is 2.20. The van der Waals surface area contributed by atoms with Gasteiger partial charge in [-0.3, -0.25) is 4.79 Å². The Labute approximate surface area is 72.6 Å². The number of aliphatic imine (C=N–C) groups is 1. The molecule has 2 unspecified atom stereocenters. The first-order valence-corrected chi connectivity index (χ1v) is 4.13. The fourth-order valence-corrected chi connectivity index (χ4v) is 1.03. The van der Waals surface area contributed by atoms with Crippen molar-refractivity contribution in [1.82, 2.24) is 5.32 Å². The lowest BCUT2D eigenvalue weighted by atomic mass is 9.96.